The number of aromatic nitrogens is 4. The molecule has 242 valence electrons. The van der Waals surface area contributed by atoms with Crippen LogP contribution >= 0.6 is 0 Å². The first-order valence-electron chi connectivity index (χ1n) is 14.0. The molecule has 0 spiro atoms. The van der Waals surface area contributed by atoms with E-state index in [-0.39, 0.29) is 31.7 Å². The Morgan fingerprint density at radius 1 is 1.09 bits per heavy atom. The number of imidazole rings is 1. The first kappa shape index (κ1) is 34.3. The summed E-state index contributed by atoms with van der Waals surface area (Å²) in [5, 5.41) is 26.1. The van der Waals surface area contributed by atoms with Crippen LogP contribution < -0.4 is 16.4 Å². The summed E-state index contributed by atoms with van der Waals surface area (Å²) in [7, 11) is 0. The number of hydrogen-bond donors (Lipinski definition) is 5. The lowest BCUT2D eigenvalue weighted by molar-refractivity contribution is -0.139. The number of alkyl carbamates (subject to hydrolysis) is 2. The molecule has 6 N–H and O–H groups in total. The molecule has 16 nitrogen and oxygen atoms in total. The van der Waals surface area contributed by atoms with E-state index in [1.54, 1.807) is 46.1 Å². The highest BCUT2D eigenvalue weighted by Gasteiger charge is 2.47. The van der Waals surface area contributed by atoms with Crippen LogP contribution in [0.25, 0.3) is 11.2 Å². The SMILES string of the molecule is C#CCO[C@H]1C(n2cnc3c(N)ncnc32)O[C@H](C[C@H](CC[C@H](NC(=O)OC(C)(C)C)C(=O)O)NC(=O)OC(C)(C)C)[C@H]1O. The van der Waals surface area contributed by atoms with Gasteiger partial charge >= 0.3 is 18.2 Å². The molecule has 1 fully saturated rings. The van der Waals surface area contributed by atoms with Gasteiger partial charge in [0.05, 0.1) is 12.4 Å². The molecule has 16 heteroatoms. The number of hydrogen-bond acceptors (Lipinski definition) is 12. The van der Waals surface area contributed by atoms with E-state index in [1.165, 1.54) is 12.7 Å². The van der Waals surface area contributed by atoms with Gasteiger partial charge in [0.15, 0.2) is 17.7 Å². The molecule has 2 amide bonds. The smallest absolute Gasteiger partial charge is 0.408 e. The molecule has 0 saturated carbocycles. The topological polar surface area (TPSA) is 222 Å². The van der Waals surface area contributed by atoms with Crippen molar-refractivity contribution in [1.82, 2.24) is 30.2 Å². The normalized spacial score (nSPS) is 21.7. The number of nitrogens with zero attached hydrogens (tertiary/aromatic N) is 4. The van der Waals surface area contributed by atoms with Crippen molar-refractivity contribution in [1.29, 1.82) is 0 Å². The van der Waals surface area contributed by atoms with Gasteiger partial charge in [-0.3, -0.25) is 4.57 Å². The molecule has 1 unspecified atom stereocenters. The van der Waals surface area contributed by atoms with E-state index in [0.717, 1.165) is 0 Å². The Kier molecular flexibility index (Phi) is 11.0. The number of ether oxygens (including phenoxy) is 4. The van der Waals surface area contributed by atoms with E-state index in [0.29, 0.717) is 11.2 Å². The van der Waals surface area contributed by atoms with E-state index in [2.05, 4.69) is 31.5 Å². The van der Waals surface area contributed by atoms with E-state index in [1.807, 2.05) is 0 Å². The molecule has 1 aliphatic heterocycles. The minimum atomic E-state index is -1.33. The number of fused-ring (bicyclic) bond motifs is 1. The second-order valence-corrected chi connectivity index (χ2v) is 12.3. The molecule has 0 aromatic carbocycles. The maximum absolute atomic E-state index is 12.7. The van der Waals surface area contributed by atoms with Crippen LogP contribution in [0.3, 0.4) is 0 Å². The number of carboxylic acid groups (broad SMARTS) is 1. The summed E-state index contributed by atoms with van der Waals surface area (Å²) >= 11 is 0. The van der Waals surface area contributed by atoms with Gasteiger partial charge in [-0.25, -0.2) is 29.3 Å². The number of nitrogen functional groups attached to an aromatic ring is 1. The van der Waals surface area contributed by atoms with E-state index < -0.39 is 66.0 Å². The largest absolute Gasteiger partial charge is 0.480 e. The molecule has 44 heavy (non-hydrogen) atoms. The molecule has 3 heterocycles. The average molecular weight is 620 g/mol. The van der Waals surface area contributed by atoms with Crippen molar-refractivity contribution in [3.8, 4) is 12.3 Å². The number of carbonyl (C=O) groups excluding carboxylic acids is 2. The number of nitrogens with one attached hydrogen (secondary N) is 2. The molecule has 0 aliphatic carbocycles. The lowest BCUT2D eigenvalue weighted by Crippen LogP contribution is -2.46. The predicted octanol–water partition coefficient (Wildman–Crippen LogP) is 1.73. The molecule has 3 rings (SSSR count). The number of aliphatic carboxylic acids is 1. The third-order valence-electron chi connectivity index (χ3n) is 6.36. The fraction of sp³-hybridized carbons (Fsp3) is 0.643. The van der Waals surface area contributed by atoms with Gasteiger partial charge in [-0.1, -0.05) is 5.92 Å². The molecule has 1 aliphatic rings. The third kappa shape index (κ3) is 9.40. The number of aliphatic hydroxyl groups is 1. The van der Waals surface area contributed by atoms with E-state index >= 15 is 0 Å². The molecular formula is C28H41N7O9. The maximum atomic E-state index is 12.7. The van der Waals surface area contributed by atoms with Crippen molar-refractivity contribution >= 4 is 35.1 Å². The minimum absolute atomic E-state index is 0.00928. The van der Waals surface area contributed by atoms with Gasteiger partial charge in [-0.05, 0) is 60.8 Å². The summed E-state index contributed by atoms with van der Waals surface area (Å²) in [6, 6.07) is -2.10. The number of nitrogens with two attached hydrogens (primary N) is 1. The van der Waals surface area contributed by atoms with Crippen LogP contribution in [-0.4, -0.2) is 96.1 Å². The fourth-order valence-electron chi connectivity index (χ4n) is 4.60. The number of carbonyl (C=O) groups is 3. The number of aliphatic hydroxyl groups excluding tert-OH is 1. The lowest BCUT2D eigenvalue weighted by Gasteiger charge is -2.27. The number of amides is 2. The van der Waals surface area contributed by atoms with Crippen LogP contribution in [0.2, 0.25) is 0 Å². The summed E-state index contributed by atoms with van der Waals surface area (Å²) in [4.78, 5) is 49.4. The Labute approximate surface area is 255 Å². The predicted molar refractivity (Wildman–Crippen MR) is 156 cm³/mol. The van der Waals surface area contributed by atoms with Crippen LogP contribution in [0.4, 0.5) is 15.4 Å². The van der Waals surface area contributed by atoms with Crippen LogP contribution in [0, 0.1) is 12.3 Å². The van der Waals surface area contributed by atoms with Crippen LogP contribution in [0.1, 0.15) is 67.0 Å². The summed E-state index contributed by atoms with van der Waals surface area (Å²) < 4.78 is 24.1. The van der Waals surface area contributed by atoms with Crippen LogP contribution in [-0.2, 0) is 23.7 Å². The number of terminal acetylenes is 1. The summed E-state index contributed by atoms with van der Waals surface area (Å²) in [5.41, 5.74) is 4.94. The highest BCUT2D eigenvalue weighted by Crippen LogP contribution is 2.36. The van der Waals surface area contributed by atoms with Crippen LogP contribution in [0.5, 0.6) is 0 Å². The Hall–Kier alpha value is -4.20. The van der Waals surface area contributed by atoms with E-state index in [9.17, 15) is 24.6 Å². The monoisotopic (exact) mass is 619 g/mol. The summed E-state index contributed by atoms with van der Waals surface area (Å²) in [5.74, 6) is 1.23. The first-order valence-corrected chi connectivity index (χ1v) is 14.0. The molecule has 2 aromatic heterocycles. The van der Waals surface area contributed by atoms with Crippen molar-refractivity contribution in [2.45, 2.75) is 109 Å². The van der Waals surface area contributed by atoms with Gasteiger partial charge in [0, 0.05) is 6.04 Å². The van der Waals surface area contributed by atoms with Crippen molar-refractivity contribution in [2.75, 3.05) is 12.3 Å². The fourth-order valence-corrected chi connectivity index (χ4v) is 4.60. The average Bonchev–Trinajstić information content (AvgIpc) is 3.44. The zero-order valence-corrected chi connectivity index (χ0v) is 25.6. The summed E-state index contributed by atoms with van der Waals surface area (Å²) in [6.45, 7) is 9.91. The zero-order chi connectivity index (χ0) is 32.8. The number of anilines is 1. The van der Waals surface area contributed by atoms with Gasteiger partial charge < -0.3 is 45.5 Å². The van der Waals surface area contributed by atoms with Crippen molar-refractivity contribution < 1.29 is 43.5 Å². The molecular weight excluding hydrogens is 578 g/mol. The van der Waals surface area contributed by atoms with Gasteiger partial charge in [0.2, 0.25) is 0 Å². The Morgan fingerprint density at radius 3 is 2.32 bits per heavy atom. The van der Waals surface area contributed by atoms with Gasteiger partial charge in [0.25, 0.3) is 0 Å². The highest BCUT2D eigenvalue weighted by atomic mass is 16.6. The second-order valence-electron chi connectivity index (χ2n) is 12.3. The van der Waals surface area contributed by atoms with Crippen molar-refractivity contribution in [3.05, 3.63) is 12.7 Å². The molecule has 1 saturated heterocycles. The standard InChI is InChI=1S/C28H41N7O9/c1-8-11-41-20-19(36)17(42-23(20)35-14-32-18-21(29)30-13-31-22(18)35)12-15(33-25(39)43-27(2,3)4)9-10-16(24(37)38)34-26(40)44-28(5,6)7/h1,13-17,19-20,23,36H,9-12H2,2-7H3,(H,33,39)(H,34,40)(H,37,38)(H2,29,30,31)/t15-,16-,17+,19+,20+,23?/m0/s1. The lowest BCUT2D eigenvalue weighted by atomic mass is 9.97. The highest BCUT2D eigenvalue weighted by molar-refractivity contribution is 5.81. The Balaban J connectivity index is 1.84. The van der Waals surface area contributed by atoms with Gasteiger partial charge in [-0.15, -0.1) is 6.42 Å². The second kappa shape index (κ2) is 14.1. The van der Waals surface area contributed by atoms with Crippen molar-refractivity contribution in [2.24, 2.45) is 0 Å². The van der Waals surface area contributed by atoms with Crippen LogP contribution in [0.15, 0.2) is 12.7 Å². The number of rotatable bonds is 11. The maximum Gasteiger partial charge on any atom is 0.408 e. The van der Waals surface area contributed by atoms with Gasteiger partial charge in [0.1, 0.15) is 47.9 Å². The Morgan fingerprint density at radius 2 is 1.73 bits per heavy atom. The molecule has 0 bridgehead atoms. The summed E-state index contributed by atoms with van der Waals surface area (Å²) in [6.07, 6.45) is 2.34. The quantitative estimate of drug-likeness (QED) is 0.226. The molecule has 6 atom stereocenters. The van der Waals surface area contributed by atoms with Crippen molar-refractivity contribution in [3.63, 3.8) is 0 Å². The molecule has 0 radical (unpaired) electrons. The minimum Gasteiger partial charge on any atom is -0.480 e. The first-order chi connectivity index (χ1) is 20.5. The molecule has 2 aromatic rings. The van der Waals surface area contributed by atoms with Gasteiger partial charge in [-0.2, -0.15) is 0 Å². The van der Waals surface area contributed by atoms with E-state index in [4.69, 9.17) is 31.1 Å². The Bertz CT molecular complexity index is 1360. The number of carboxylic acids is 1. The third-order valence-corrected chi connectivity index (χ3v) is 6.36. The zero-order valence-electron chi connectivity index (χ0n) is 25.6.